The van der Waals surface area contributed by atoms with Crippen molar-refractivity contribution in [3.8, 4) is 5.75 Å². The van der Waals surface area contributed by atoms with Crippen LogP contribution in [0.3, 0.4) is 0 Å². The number of nitrogens with two attached hydrogens (primary N) is 1. The van der Waals surface area contributed by atoms with Gasteiger partial charge in [0.25, 0.3) is 5.91 Å². The van der Waals surface area contributed by atoms with Gasteiger partial charge >= 0.3 is 6.09 Å². The van der Waals surface area contributed by atoms with Crippen molar-refractivity contribution in [3.05, 3.63) is 65.0 Å². The van der Waals surface area contributed by atoms with Crippen LogP contribution in [0, 0.1) is 5.82 Å². The number of nitrogens with one attached hydrogen (secondary N) is 1. The number of carbonyl (C=O) groups is 3. The number of halogens is 1. The summed E-state index contributed by atoms with van der Waals surface area (Å²) in [6, 6.07) is 9.72. The molecule has 0 aromatic heterocycles. The van der Waals surface area contributed by atoms with Crippen molar-refractivity contribution in [3.63, 3.8) is 0 Å². The normalized spacial score (nSPS) is 17.1. The Bertz CT molecular complexity index is 1080. The molecule has 3 N–H and O–H groups in total. The number of primary amides is 1. The van der Waals surface area contributed by atoms with Crippen LogP contribution in [0.25, 0.3) is 0 Å². The number of hydrogen-bond donors (Lipinski definition) is 2. The van der Waals surface area contributed by atoms with Gasteiger partial charge < -0.3 is 20.5 Å². The summed E-state index contributed by atoms with van der Waals surface area (Å²) in [5, 5.41) is 3.08. The standard InChI is InChI=1S/C25H30FN3O5/c1-15(33-21-8-6-5-7-17(21)23(27)31)16-9-10-19(26)18(13-16)22(30)20-14-28-11-12-29(20)24(32)34-25(2,3)4/h5-10,13,15,20,28H,11-12,14H2,1-4H3,(H2,27,31). The average Bonchev–Trinajstić information content (AvgIpc) is 2.78. The van der Waals surface area contributed by atoms with Crippen molar-refractivity contribution in [2.75, 3.05) is 19.6 Å². The highest BCUT2D eigenvalue weighted by Gasteiger charge is 2.36. The van der Waals surface area contributed by atoms with Crippen LogP contribution in [0.4, 0.5) is 9.18 Å². The lowest BCUT2D eigenvalue weighted by atomic mass is 9.97. The Morgan fingerprint density at radius 1 is 1.15 bits per heavy atom. The number of hydrogen-bond acceptors (Lipinski definition) is 6. The Hall–Kier alpha value is -3.46. The lowest BCUT2D eigenvalue weighted by molar-refractivity contribution is 0.0124. The molecule has 2 atom stereocenters. The van der Waals surface area contributed by atoms with E-state index in [4.69, 9.17) is 15.2 Å². The second-order valence-electron chi connectivity index (χ2n) is 9.12. The Balaban J connectivity index is 1.85. The molecule has 34 heavy (non-hydrogen) atoms. The van der Waals surface area contributed by atoms with E-state index in [-0.39, 0.29) is 30.0 Å². The molecule has 0 spiro atoms. The third-order valence-corrected chi connectivity index (χ3v) is 5.36. The Morgan fingerprint density at radius 3 is 2.53 bits per heavy atom. The van der Waals surface area contributed by atoms with E-state index in [1.807, 2.05) is 0 Å². The molecular weight excluding hydrogens is 441 g/mol. The number of para-hydroxylation sites is 1. The van der Waals surface area contributed by atoms with Gasteiger partial charge in [-0.2, -0.15) is 0 Å². The molecule has 0 aliphatic carbocycles. The molecule has 0 radical (unpaired) electrons. The number of piperazine rings is 1. The smallest absolute Gasteiger partial charge is 0.411 e. The Labute approximate surface area is 198 Å². The van der Waals surface area contributed by atoms with E-state index in [1.165, 1.54) is 23.1 Å². The summed E-state index contributed by atoms with van der Waals surface area (Å²) >= 11 is 0. The van der Waals surface area contributed by atoms with E-state index in [2.05, 4.69) is 5.32 Å². The maximum Gasteiger partial charge on any atom is 0.411 e. The topological polar surface area (TPSA) is 111 Å². The largest absolute Gasteiger partial charge is 0.485 e. The molecule has 182 valence electrons. The molecule has 2 aromatic rings. The van der Waals surface area contributed by atoms with Gasteiger partial charge in [-0.3, -0.25) is 14.5 Å². The number of ketones is 1. The van der Waals surface area contributed by atoms with E-state index < -0.39 is 41.3 Å². The summed E-state index contributed by atoms with van der Waals surface area (Å²) in [4.78, 5) is 39.0. The molecule has 1 fully saturated rings. The zero-order valence-corrected chi connectivity index (χ0v) is 19.8. The maximum atomic E-state index is 14.8. The Morgan fingerprint density at radius 2 is 1.85 bits per heavy atom. The highest BCUT2D eigenvalue weighted by molar-refractivity contribution is 6.02. The highest BCUT2D eigenvalue weighted by Crippen LogP contribution is 2.27. The Kier molecular flexibility index (Phi) is 7.56. The number of nitrogens with zero attached hydrogens (tertiary/aromatic N) is 1. The van der Waals surface area contributed by atoms with E-state index in [9.17, 15) is 18.8 Å². The molecule has 2 amide bonds. The first-order chi connectivity index (χ1) is 16.0. The highest BCUT2D eigenvalue weighted by atomic mass is 19.1. The fraction of sp³-hybridized carbons (Fsp3) is 0.400. The SMILES string of the molecule is CC(Oc1ccccc1C(N)=O)c1ccc(F)c(C(=O)C2CNCCN2C(=O)OC(C)(C)C)c1. The van der Waals surface area contributed by atoms with Gasteiger partial charge in [-0.25, -0.2) is 9.18 Å². The third kappa shape index (κ3) is 5.91. The van der Waals surface area contributed by atoms with Gasteiger partial charge in [-0.15, -0.1) is 0 Å². The molecule has 9 heteroatoms. The minimum atomic E-state index is -0.917. The minimum Gasteiger partial charge on any atom is -0.485 e. The van der Waals surface area contributed by atoms with Gasteiger partial charge in [0.15, 0.2) is 5.78 Å². The van der Waals surface area contributed by atoms with Gasteiger partial charge in [-0.1, -0.05) is 18.2 Å². The van der Waals surface area contributed by atoms with Gasteiger partial charge in [0.1, 0.15) is 29.3 Å². The lowest BCUT2D eigenvalue weighted by Crippen LogP contribution is -2.57. The minimum absolute atomic E-state index is 0.154. The van der Waals surface area contributed by atoms with Crippen molar-refractivity contribution < 1.29 is 28.2 Å². The molecule has 8 nitrogen and oxygen atoms in total. The molecule has 1 saturated heterocycles. The van der Waals surface area contributed by atoms with Crippen LogP contribution < -0.4 is 15.8 Å². The van der Waals surface area contributed by atoms with Crippen molar-refractivity contribution in [1.29, 1.82) is 0 Å². The molecule has 0 bridgehead atoms. The molecule has 1 aliphatic rings. The van der Waals surface area contributed by atoms with E-state index >= 15 is 0 Å². The molecule has 1 heterocycles. The predicted molar refractivity (Wildman–Crippen MR) is 124 cm³/mol. The second-order valence-corrected chi connectivity index (χ2v) is 9.12. The first kappa shape index (κ1) is 25.2. The average molecular weight is 472 g/mol. The fourth-order valence-corrected chi connectivity index (χ4v) is 3.67. The van der Waals surface area contributed by atoms with Crippen LogP contribution in [0.15, 0.2) is 42.5 Å². The third-order valence-electron chi connectivity index (χ3n) is 5.36. The molecule has 3 rings (SSSR count). The molecule has 2 unspecified atom stereocenters. The number of Topliss-reactive ketones (excluding diaryl/α,β-unsaturated/α-hetero) is 1. The van der Waals surface area contributed by atoms with Gasteiger partial charge in [-0.05, 0) is 57.5 Å². The number of benzene rings is 2. The summed E-state index contributed by atoms with van der Waals surface area (Å²) < 4.78 is 26.1. The number of rotatable bonds is 6. The van der Waals surface area contributed by atoms with Crippen molar-refractivity contribution in [1.82, 2.24) is 10.2 Å². The zero-order valence-electron chi connectivity index (χ0n) is 19.8. The summed E-state index contributed by atoms with van der Waals surface area (Å²) in [6.07, 6.45) is -1.23. The number of amides is 2. The van der Waals surface area contributed by atoms with Gasteiger partial charge in [0.05, 0.1) is 11.1 Å². The van der Waals surface area contributed by atoms with Crippen LogP contribution in [0.5, 0.6) is 5.75 Å². The number of ether oxygens (including phenoxy) is 2. The fourth-order valence-electron chi connectivity index (χ4n) is 3.67. The molecular formula is C25H30FN3O5. The first-order valence-corrected chi connectivity index (χ1v) is 11.1. The van der Waals surface area contributed by atoms with Crippen LogP contribution in [-0.2, 0) is 4.74 Å². The summed E-state index contributed by atoms with van der Waals surface area (Å²) in [6.45, 7) is 7.88. The number of carbonyl (C=O) groups excluding carboxylic acids is 3. The maximum absolute atomic E-state index is 14.8. The van der Waals surface area contributed by atoms with Gasteiger partial charge in [0, 0.05) is 19.6 Å². The van der Waals surface area contributed by atoms with E-state index in [1.54, 1.807) is 52.0 Å². The van der Waals surface area contributed by atoms with Crippen LogP contribution in [-0.4, -0.2) is 54.0 Å². The van der Waals surface area contributed by atoms with Crippen LogP contribution >= 0.6 is 0 Å². The molecule has 1 aliphatic heterocycles. The van der Waals surface area contributed by atoms with E-state index in [0.29, 0.717) is 12.1 Å². The lowest BCUT2D eigenvalue weighted by Gasteiger charge is -2.36. The summed E-state index contributed by atoms with van der Waals surface area (Å²) in [5.74, 6) is -1.59. The van der Waals surface area contributed by atoms with Crippen molar-refractivity contribution >= 4 is 17.8 Å². The molecule has 0 saturated carbocycles. The monoisotopic (exact) mass is 471 g/mol. The second kappa shape index (κ2) is 10.2. The van der Waals surface area contributed by atoms with Crippen molar-refractivity contribution in [2.24, 2.45) is 5.73 Å². The van der Waals surface area contributed by atoms with Crippen LogP contribution in [0.1, 0.15) is 60.1 Å². The summed E-state index contributed by atoms with van der Waals surface area (Å²) in [5.41, 5.74) is 5.27. The van der Waals surface area contributed by atoms with Gasteiger partial charge in [0.2, 0.25) is 0 Å². The predicted octanol–water partition coefficient (Wildman–Crippen LogP) is 3.46. The van der Waals surface area contributed by atoms with Crippen LogP contribution in [0.2, 0.25) is 0 Å². The molecule has 2 aromatic carbocycles. The summed E-state index contributed by atoms with van der Waals surface area (Å²) in [7, 11) is 0. The zero-order chi connectivity index (χ0) is 25.0. The van der Waals surface area contributed by atoms with E-state index in [0.717, 1.165) is 0 Å². The quantitative estimate of drug-likeness (QED) is 0.625. The van der Waals surface area contributed by atoms with Crippen molar-refractivity contribution in [2.45, 2.75) is 45.4 Å². The first-order valence-electron chi connectivity index (χ1n) is 11.1.